The Morgan fingerprint density at radius 2 is 2.11 bits per heavy atom. The topological polar surface area (TPSA) is 82.5 Å². The van der Waals surface area contributed by atoms with Crippen LogP contribution < -0.4 is 11.1 Å². The van der Waals surface area contributed by atoms with Crippen LogP contribution in [0, 0.1) is 0 Å². The molecule has 0 saturated carbocycles. The second-order valence-electron chi connectivity index (χ2n) is 4.21. The van der Waals surface area contributed by atoms with Crippen molar-refractivity contribution in [2.75, 3.05) is 17.6 Å². The van der Waals surface area contributed by atoms with Crippen LogP contribution in [0.4, 0.5) is 24.7 Å². The van der Waals surface area contributed by atoms with Crippen LogP contribution >= 0.6 is 0 Å². The Labute approximate surface area is 105 Å². The van der Waals surface area contributed by atoms with Gasteiger partial charge in [0, 0.05) is 23.9 Å². The number of alkyl halides is 3. The van der Waals surface area contributed by atoms with Crippen LogP contribution in [0.1, 0.15) is 5.56 Å². The van der Waals surface area contributed by atoms with Crippen LogP contribution in [0.5, 0.6) is 0 Å². The van der Waals surface area contributed by atoms with Gasteiger partial charge in [0.2, 0.25) is 0 Å². The van der Waals surface area contributed by atoms with E-state index in [0.29, 0.717) is 28.3 Å². The van der Waals surface area contributed by atoms with Gasteiger partial charge >= 0.3 is 6.18 Å². The number of fused-ring (bicyclic) bond motifs is 1. The summed E-state index contributed by atoms with van der Waals surface area (Å²) in [4.78, 5) is 2.89. The molecule has 1 aliphatic rings. The van der Waals surface area contributed by atoms with E-state index in [1.54, 1.807) is 6.20 Å². The van der Waals surface area contributed by atoms with E-state index in [1.165, 1.54) is 6.20 Å². The monoisotopic (exact) mass is 269 g/mol. The smallest absolute Gasteiger partial charge is 0.396 e. The summed E-state index contributed by atoms with van der Waals surface area (Å²) in [6.07, 6.45) is -0.215. The first kappa shape index (κ1) is 11.7. The summed E-state index contributed by atoms with van der Waals surface area (Å²) in [5.74, 6) is 0.539. The molecule has 19 heavy (non-hydrogen) atoms. The molecule has 100 valence electrons. The summed E-state index contributed by atoms with van der Waals surface area (Å²) in [5.41, 5.74) is 6.95. The summed E-state index contributed by atoms with van der Waals surface area (Å²) in [6.45, 7) is -0.255. The molecule has 5 N–H and O–H groups in total. The number of nitrogens with two attached hydrogens (primary N) is 1. The minimum atomic E-state index is -4.35. The molecule has 8 heteroatoms. The van der Waals surface area contributed by atoms with Crippen molar-refractivity contribution in [3.63, 3.8) is 0 Å². The zero-order valence-electron chi connectivity index (χ0n) is 9.60. The number of H-pyrrole nitrogens is 2. The fraction of sp³-hybridized carbons (Fsp3) is 0.182. The summed E-state index contributed by atoms with van der Waals surface area (Å²) in [5, 5.41) is 9.15. The number of nitrogens with zero attached hydrogens (tertiary/aromatic N) is 1. The molecular weight excluding hydrogens is 259 g/mol. The first-order valence-corrected chi connectivity index (χ1v) is 5.49. The van der Waals surface area contributed by atoms with Crippen molar-refractivity contribution in [1.29, 1.82) is 0 Å². The molecule has 0 atom stereocenters. The molecule has 0 amide bonds. The zero-order valence-corrected chi connectivity index (χ0v) is 9.60. The highest BCUT2D eigenvalue weighted by Gasteiger charge is 2.35. The Balaban J connectivity index is 2.12. The Bertz CT molecular complexity index is 650. The number of rotatable bonds is 1. The zero-order chi connectivity index (χ0) is 13.6. The molecular formula is C11H10F3N5. The van der Waals surface area contributed by atoms with Gasteiger partial charge in [0.1, 0.15) is 5.82 Å². The number of hydrogen-bond donors (Lipinski definition) is 4. The Kier molecular flexibility index (Phi) is 2.34. The van der Waals surface area contributed by atoms with E-state index in [1.807, 2.05) is 0 Å². The largest absolute Gasteiger partial charge is 0.414 e. The molecule has 2 aromatic heterocycles. The average Bonchev–Trinajstić information content (AvgIpc) is 2.92. The third-order valence-electron chi connectivity index (χ3n) is 3.00. The molecule has 0 unspecified atom stereocenters. The van der Waals surface area contributed by atoms with Gasteiger partial charge in [0.25, 0.3) is 0 Å². The van der Waals surface area contributed by atoms with Crippen LogP contribution in [0.25, 0.3) is 17.3 Å². The minimum absolute atomic E-state index is 0.255. The molecule has 5 nitrogen and oxygen atoms in total. The third kappa shape index (κ3) is 1.85. The van der Waals surface area contributed by atoms with E-state index in [-0.39, 0.29) is 6.54 Å². The van der Waals surface area contributed by atoms with Crippen molar-refractivity contribution in [3.8, 4) is 11.3 Å². The van der Waals surface area contributed by atoms with Gasteiger partial charge in [-0.3, -0.25) is 5.10 Å². The number of aromatic amines is 2. The Hall–Kier alpha value is -2.38. The molecule has 3 rings (SSSR count). The van der Waals surface area contributed by atoms with Crippen LogP contribution in [0.15, 0.2) is 18.0 Å². The summed E-state index contributed by atoms with van der Waals surface area (Å²) >= 11 is 0. The van der Waals surface area contributed by atoms with Gasteiger partial charge in [0.05, 0.1) is 23.2 Å². The van der Waals surface area contributed by atoms with E-state index in [4.69, 9.17) is 5.73 Å². The molecule has 0 saturated heterocycles. The molecule has 1 aliphatic heterocycles. The Morgan fingerprint density at radius 3 is 2.74 bits per heavy atom. The lowest BCUT2D eigenvalue weighted by Gasteiger charge is -2.18. The lowest BCUT2D eigenvalue weighted by Crippen LogP contribution is -2.22. The van der Waals surface area contributed by atoms with E-state index in [0.717, 1.165) is 6.08 Å². The van der Waals surface area contributed by atoms with Crippen molar-refractivity contribution < 1.29 is 13.2 Å². The molecule has 2 aromatic rings. The first-order valence-electron chi connectivity index (χ1n) is 5.49. The highest BCUT2D eigenvalue weighted by molar-refractivity contribution is 5.87. The first-order chi connectivity index (χ1) is 8.97. The predicted molar refractivity (Wildman–Crippen MR) is 65.3 cm³/mol. The van der Waals surface area contributed by atoms with Gasteiger partial charge in [-0.05, 0) is 6.08 Å². The second-order valence-corrected chi connectivity index (χ2v) is 4.21. The van der Waals surface area contributed by atoms with Gasteiger partial charge in [-0.15, -0.1) is 0 Å². The van der Waals surface area contributed by atoms with E-state index in [9.17, 15) is 13.2 Å². The van der Waals surface area contributed by atoms with Crippen LogP contribution in [0.3, 0.4) is 0 Å². The lowest BCUT2D eigenvalue weighted by molar-refractivity contribution is -0.0909. The maximum atomic E-state index is 12.7. The van der Waals surface area contributed by atoms with Gasteiger partial charge in [0.15, 0.2) is 0 Å². The highest BCUT2D eigenvalue weighted by Crippen LogP contribution is 2.38. The molecule has 0 aliphatic carbocycles. The second kappa shape index (κ2) is 3.81. The number of aromatic nitrogens is 3. The lowest BCUT2D eigenvalue weighted by atomic mass is 10.0. The fourth-order valence-electron chi connectivity index (χ4n) is 2.04. The standard InChI is InChI=1S/C11H10F3N5/c12-11(13,14)5-1-6-7(3-17-10(6)16-2-5)9-8(15)4-18-19-9/h1,3-4,16-17H,2,15H2,(H,18,19). The summed E-state index contributed by atoms with van der Waals surface area (Å²) < 4.78 is 38.2. The van der Waals surface area contributed by atoms with Crippen molar-refractivity contribution in [2.45, 2.75) is 6.18 Å². The van der Waals surface area contributed by atoms with E-state index in [2.05, 4.69) is 20.5 Å². The SMILES string of the molecule is Nc1cn[nH]c1-c1c[nH]c2c1C=C(C(F)(F)F)CN2. The van der Waals surface area contributed by atoms with Crippen molar-refractivity contribution >= 4 is 17.6 Å². The maximum absolute atomic E-state index is 12.7. The number of hydrogen-bond acceptors (Lipinski definition) is 3. The van der Waals surface area contributed by atoms with Crippen LogP contribution in [-0.2, 0) is 0 Å². The van der Waals surface area contributed by atoms with Gasteiger partial charge in [-0.25, -0.2) is 0 Å². The molecule has 0 spiro atoms. The van der Waals surface area contributed by atoms with Gasteiger partial charge in [-0.1, -0.05) is 0 Å². The number of nitrogens with one attached hydrogen (secondary N) is 3. The molecule has 0 bridgehead atoms. The van der Waals surface area contributed by atoms with Crippen molar-refractivity contribution in [1.82, 2.24) is 15.2 Å². The highest BCUT2D eigenvalue weighted by atomic mass is 19.4. The van der Waals surface area contributed by atoms with Crippen LogP contribution in [0.2, 0.25) is 0 Å². The summed E-state index contributed by atoms with van der Waals surface area (Å²) in [7, 11) is 0. The molecule has 0 aromatic carbocycles. The number of halogens is 3. The number of nitrogen functional groups attached to an aromatic ring is 1. The minimum Gasteiger partial charge on any atom is -0.396 e. The molecule has 0 fully saturated rings. The van der Waals surface area contributed by atoms with Crippen LogP contribution in [-0.4, -0.2) is 27.9 Å². The average molecular weight is 269 g/mol. The Morgan fingerprint density at radius 1 is 1.32 bits per heavy atom. The quantitative estimate of drug-likeness (QED) is 0.641. The van der Waals surface area contributed by atoms with Crippen molar-refractivity contribution in [2.24, 2.45) is 0 Å². The third-order valence-corrected chi connectivity index (χ3v) is 3.00. The van der Waals surface area contributed by atoms with Gasteiger partial charge in [-0.2, -0.15) is 18.3 Å². The predicted octanol–water partition coefficient (Wildman–Crippen LogP) is 2.36. The van der Waals surface area contributed by atoms with E-state index < -0.39 is 11.7 Å². The fourth-order valence-corrected chi connectivity index (χ4v) is 2.04. The maximum Gasteiger partial charge on any atom is 0.414 e. The van der Waals surface area contributed by atoms with Crippen molar-refractivity contribution in [3.05, 3.63) is 23.5 Å². The summed E-state index contributed by atoms with van der Waals surface area (Å²) in [6, 6.07) is 0. The number of anilines is 2. The van der Waals surface area contributed by atoms with E-state index >= 15 is 0 Å². The molecule has 0 radical (unpaired) electrons. The van der Waals surface area contributed by atoms with Gasteiger partial charge < -0.3 is 16.0 Å². The molecule has 3 heterocycles. The normalized spacial score (nSPS) is 14.8.